The van der Waals surface area contributed by atoms with Crippen molar-refractivity contribution in [2.24, 2.45) is 0 Å². The molecule has 0 spiro atoms. The van der Waals surface area contributed by atoms with Crippen molar-refractivity contribution in [2.45, 2.75) is 347 Å². The number of amides is 1. The lowest BCUT2D eigenvalue weighted by Gasteiger charge is -2.22. The number of hydrogen-bond acceptors (Lipinski definition) is 5. The van der Waals surface area contributed by atoms with Crippen molar-refractivity contribution in [3.63, 3.8) is 0 Å². The normalized spacial score (nSPS) is 12.9. The summed E-state index contributed by atoms with van der Waals surface area (Å²) in [4.78, 5) is 24.6. The Bertz CT molecular complexity index is 1210. The minimum absolute atomic E-state index is 0.000819. The zero-order valence-corrected chi connectivity index (χ0v) is 48.2. The molecule has 2 atom stereocenters. The highest BCUT2D eigenvalue weighted by atomic mass is 16.5. The van der Waals surface area contributed by atoms with Crippen molar-refractivity contribution in [1.29, 1.82) is 0 Å². The van der Waals surface area contributed by atoms with Gasteiger partial charge in [0.25, 0.3) is 0 Å². The first-order valence-electron chi connectivity index (χ1n) is 31.9. The predicted molar refractivity (Wildman–Crippen MR) is 315 cm³/mol. The Morgan fingerprint density at radius 2 is 0.694 bits per heavy atom. The van der Waals surface area contributed by atoms with Gasteiger partial charge in [0.15, 0.2) is 0 Å². The Kier molecular flexibility index (Phi) is 59.5. The van der Waals surface area contributed by atoms with E-state index in [2.05, 4.69) is 67.8 Å². The van der Waals surface area contributed by atoms with Gasteiger partial charge in [0.05, 0.1) is 25.4 Å². The van der Waals surface area contributed by atoms with Crippen molar-refractivity contribution in [2.75, 3.05) is 13.2 Å². The van der Waals surface area contributed by atoms with Crippen LogP contribution < -0.4 is 5.32 Å². The molecule has 0 saturated carbocycles. The van der Waals surface area contributed by atoms with E-state index in [9.17, 15) is 19.8 Å². The van der Waals surface area contributed by atoms with Gasteiger partial charge in [0, 0.05) is 12.8 Å². The van der Waals surface area contributed by atoms with Crippen LogP contribution in [0.15, 0.2) is 48.6 Å². The molecule has 3 N–H and O–H groups in total. The average Bonchev–Trinajstić information content (AvgIpc) is 3.38. The van der Waals surface area contributed by atoms with Gasteiger partial charge in [-0.15, -0.1) is 0 Å². The topological polar surface area (TPSA) is 95.9 Å². The number of rotatable bonds is 59. The van der Waals surface area contributed by atoms with E-state index in [0.29, 0.717) is 25.9 Å². The van der Waals surface area contributed by atoms with E-state index < -0.39 is 12.1 Å². The Balaban J connectivity index is 3.45. The molecule has 0 aromatic carbocycles. The largest absolute Gasteiger partial charge is 0.466 e. The van der Waals surface area contributed by atoms with Crippen molar-refractivity contribution in [3.05, 3.63) is 48.6 Å². The summed E-state index contributed by atoms with van der Waals surface area (Å²) in [6.45, 7) is 4.93. The van der Waals surface area contributed by atoms with Crippen LogP contribution in [0.4, 0.5) is 0 Å². The Labute approximate surface area is 448 Å². The number of allylic oxidation sites excluding steroid dienone is 8. The summed E-state index contributed by atoms with van der Waals surface area (Å²) in [6, 6.07) is -0.550. The first-order valence-corrected chi connectivity index (χ1v) is 31.9. The van der Waals surface area contributed by atoms with Gasteiger partial charge in [-0.3, -0.25) is 9.59 Å². The fourth-order valence-electron chi connectivity index (χ4n) is 9.70. The van der Waals surface area contributed by atoms with Crippen LogP contribution in [0.5, 0.6) is 0 Å². The Morgan fingerprint density at radius 1 is 0.389 bits per heavy atom. The Morgan fingerprint density at radius 3 is 1.08 bits per heavy atom. The Hall–Kier alpha value is -2.18. The molecule has 0 aromatic rings. The standard InChI is InChI=1S/C66H123NO5/c1-3-5-7-9-11-13-15-17-19-27-32-36-40-44-48-52-56-60-66(71)72-61-57-53-49-45-41-37-33-29-26-24-22-20-21-23-25-28-31-35-39-43-47-51-55-59-65(70)67-63(62-68)64(69)58-54-50-46-42-38-34-30-18-16-14-12-10-8-6-4-2/h11,13,17,19-20,22-23,25,63-64,68-69H,3-10,12,14-16,18,21,24,26-62H2,1-2H3,(H,67,70)/b13-11-,19-17-,22-20-,25-23-. The molecular weight excluding hydrogens is 887 g/mol. The van der Waals surface area contributed by atoms with Gasteiger partial charge in [0.2, 0.25) is 5.91 Å². The molecule has 1 amide bonds. The predicted octanol–water partition coefficient (Wildman–Crippen LogP) is 20.1. The third-order valence-electron chi connectivity index (χ3n) is 14.6. The van der Waals surface area contributed by atoms with E-state index in [4.69, 9.17) is 4.74 Å². The van der Waals surface area contributed by atoms with E-state index in [1.807, 2.05) is 0 Å². The van der Waals surface area contributed by atoms with Crippen LogP contribution in [0.2, 0.25) is 0 Å². The quantitative estimate of drug-likeness (QED) is 0.0320. The molecule has 6 nitrogen and oxygen atoms in total. The molecule has 72 heavy (non-hydrogen) atoms. The van der Waals surface area contributed by atoms with Crippen molar-refractivity contribution in [3.8, 4) is 0 Å². The number of nitrogens with one attached hydrogen (secondary N) is 1. The number of carbonyl (C=O) groups is 2. The number of carbonyl (C=O) groups excluding carboxylic acids is 2. The maximum atomic E-state index is 12.5. The van der Waals surface area contributed by atoms with Crippen LogP contribution in [0, 0.1) is 0 Å². The van der Waals surface area contributed by atoms with Crippen LogP contribution in [-0.4, -0.2) is 47.4 Å². The summed E-state index contributed by atoms with van der Waals surface area (Å²) in [6.07, 6.45) is 78.3. The molecule has 0 bridgehead atoms. The van der Waals surface area contributed by atoms with Gasteiger partial charge in [0.1, 0.15) is 0 Å². The SMILES string of the molecule is CCCCC/C=C\C/C=C\CCCCCCCCCC(=O)OCCCCCCCCCCC/C=C\C/C=C\CCCCCCCCCC(=O)NC(CO)C(O)CCCCCCCCCCCCCCCCC. The summed E-state index contributed by atoms with van der Waals surface area (Å²) >= 11 is 0. The van der Waals surface area contributed by atoms with E-state index >= 15 is 0 Å². The molecule has 0 fully saturated rings. The number of unbranched alkanes of at least 4 members (excludes halogenated alkanes) is 40. The first kappa shape index (κ1) is 69.8. The van der Waals surface area contributed by atoms with Crippen LogP contribution >= 0.6 is 0 Å². The highest BCUT2D eigenvalue weighted by molar-refractivity contribution is 5.76. The van der Waals surface area contributed by atoms with Gasteiger partial charge in [-0.05, 0) is 89.9 Å². The average molecular weight is 1010 g/mol. The summed E-state index contributed by atoms with van der Waals surface area (Å²) in [7, 11) is 0. The van der Waals surface area contributed by atoms with Gasteiger partial charge in [-0.25, -0.2) is 0 Å². The lowest BCUT2D eigenvalue weighted by molar-refractivity contribution is -0.143. The van der Waals surface area contributed by atoms with Crippen molar-refractivity contribution < 1.29 is 24.5 Å². The maximum Gasteiger partial charge on any atom is 0.305 e. The zero-order valence-electron chi connectivity index (χ0n) is 48.2. The summed E-state index contributed by atoms with van der Waals surface area (Å²) in [5.41, 5.74) is 0. The third-order valence-corrected chi connectivity index (χ3v) is 14.6. The second-order valence-electron chi connectivity index (χ2n) is 21.7. The highest BCUT2D eigenvalue weighted by Crippen LogP contribution is 2.17. The van der Waals surface area contributed by atoms with Gasteiger partial charge >= 0.3 is 5.97 Å². The van der Waals surface area contributed by atoms with Crippen LogP contribution in [0.25, 0.3) is 0 Å². The number of aliphatic hydroxyl groups excluding tert-OH is 2. The summed E-state index contributed by atoms with van der Waals surface area (Å²) in [5, 5.41) is 23.3. The van der Waals surface area contributed by atoms with E-state index in [-0.39, 0.29) is 18.5 Å². The molecule has 422 valence electrons. The number of aliphatic hydroxyl groups is 2. The molecule has 0 aromatic heterocycles. The van der Waals surface area contributed by atoms with Crippen LogP contribution in [-0.2, 0) is 14.3 Å². The molecule has 0 aliphatic rings. The number of esters is 1. The molecule has 0 radical (unpaired) electrons. The molecule has 2 unspecified atom stereocenters. The third kappa shape index (κ3) is 57.1. The lowest BCUT2D eigenvalue weighted by Crippen LogP contribution is -2.45. The number of hydrogen-bond donors (Lipinski definition) is 3. The highest BCUT2D eigenvalue weighted by Gasteiger charge is 2.20. The first-order chi connectivity index (χ1) is 35.5. The molecule has 6 heteroatoms. The minimum atomic E-state index is -0.672. The van der Waals surface area contributed by atoms with Crippen molar-refractivity contribution >= 4 is 11.9 Å². The minimum Gasteiger partial charge on any atom is -0.466 e. The molecule has 0 aliphatic heterocycles. The van der Waals surface area contributed by atoms with Gasteiger partial charge < -0.3 is 20.3 Å². The van der Waals surface area contributed by atoms with Crippen LogP contribution in [0.1, 0.15) is 335 Å². The monoisotopic (exact) mass is 1010 g/mol. The number of ether oxygens (including phenoxy) is 1. The van der Waals surface area contributed by atoms with Crippen molar-refractivity contribution in [1.82, 2.24) is 5.32 Å². The molecular formula is C66H123NO5. The van der Waals surface area contributed by atoms with Crippen LogP contribution in [0.3, 0.4) is 0 Å². The summed E-state index contributed by atoms with van der Waals surface area (Å²) in [5.74, 6) is -0.0454. The fraction of sp³-hybridized carbons (Fsp3) is 0.848. The molecule has 0 saturated heterocycles. The van der Waals surface area contributed by atoms with E-state index in [1.165, 1.54) is 238 Å². The molecule has 0 heterocycles. The maximum absolute atomic E-state index is 12.5. The summed E-state index contributed by atoms with van der Waals surface area (Å²) < 4.78 is 5.48. The zero-order chi connectivity index (χ0) is 52.2. The van der Waals surface area contributed by atoms with E-state index in [1.54, 1.807) is 0 Å². The van der Waals surface area contributed by atoms with Gasteiger partial charge in [-0.1, -0.05) is 281 Å². The smallest absolute Gasteiger partial charge is 0.305 e. The molecule has 0 aliphatic carbocycles. The van der Waals surface area contributed by atoms with Gasteiger partial charge in [-0.2, -0.15) is 0 Å². The second kappa shape index (κ2) is 61.4. The van der Waals surface area contributed by atoms with E-state index in [0.717, 1.165) is 64.2 Å². The second-order valence-corrected chi connectivity index (χ2v) is 21.7. The molecule has 0 rings (SSSR count). The fourth-order valence-corrected chi connectivity index (χ4v) is 9.70. The lowest BCUT2D eigenvalue weighted by atomic mass is 10.0.